The molecule has 0 aliphatic carbocycles. The van der Waals surface area contributed by atoms with Crippen LogP contribution < -0.4 is 4.90 Å². The molecule has 0 aromatic heterocycles. The van der Waals surface area contributed by atoms with Gasteiger partial charge in [-0.2, -0.15) is 0 Å². The summed E-state index contributed by atoms with van der Waals surface area (Å²) in [6.45, 7) is 11.9. The van der Waals surface area contributed by atoms with E-state index in [2.05, 4.69) is 13.0 Å². The van der Waals surface area contributed by atoms with Crippen LogP contribution in [0.15, 0.2) is 6.07 Å². The van der Waals surface area contributed by atoms with E-state index in [0.717, 1.165) is 36.9 Å². The smallest absolute Gasteiger partial charge is 0.414 e. The topological polar surface area (TPSA) is 59.1 Å². The third-order valence-corrected chi connectivity index (χ3v) is 5.37. The lowest BCUT2D eigenvalue weighted by molar-refractivity contribution is 0.0258. The first kappa shape index (κ1) is 20.5. The van der Waals surface area contributed by atoms with Crippen molar-refractivity contribution < 1.29 is 19.1 Å². The number of fused-ring (bicyclic) bond motifs is 2. The van der Waals surface area contributed by atoms with E-state index in [1.54, 1.807) is 9.80 Å². The number of rotatable bonds is 1. The molecule has 0 saturated heterocycles. The van der Waals surface area contributed by atoms with E-state index in [1.807, 2.05) is 27.7 Å². The Morgan fingerprint density at radius 1 is 1.04 bits per heavy atom. The summed E-state index contributed by atoms with van der Waals surface area (Å²) in [6.07, 6.45) is 2.96. The molecule has 0 bridgehead atoms. The standard InChI is InChI=1S/C22H32N2O4/c1-6-27-21(26)24-11-7-8-17-14-16-9-12-23(20(25)28-22(3,4)5)13-10-18(16)15(2)19(17)24/h14H,6-13H2,1-5H3. The normalized spacial score (nSPS) is 16.8. The van der Waals surface area contributed by atoms with Crippen LogP contribution in [0.2, 0.25) is 0 Å². The maximum atomic E-state index is 12.5. The molecule has 0 N–H and O–H groups in total. The molecule has 2 amide bonds. The Balaban J connectivity index is 1.87. The molecule has 2 heterocycles. The van der Waals surface area contributed by atoms with E-state index in [-0.39, 0.29) is 12.2 Å². The minimum absolute atomic E-state index is 0.254. The Kier molecular flexibility index (Phi) is 5.87. The Morgan fingerprint density at radius 2 is 1.75 bits per heavy atom. The summed E-state index contributed by atoms with van der Waals surface area (Å²) in [4.78, 5) is 28.5. The van der Waals surface area contributed by atoms with Crippen molar-refractivity contribution in [3.05, 3.63) is 28.3 Å². The number of hydrogen-bond acceptors (Lipinski definition) is 4. The van der Waals surface area contributed by atoms with Crippen molar-refractivity contribution >= 4 is 17.9 Å². The quantitative estimate of drug-likeness (QED) is 0.722. The van der Waals surface area contributed by atoms with Gasteiger partial charge < -0.3 is 14.4 Å². The van der Waals surface area contributed by atoms with Gasteiger partial charge in [-0.3, -0.25) is 4.90 Å². The fourth-order valence-electron chi connectivity index (χ4n) is 4.17. The summed E-state index contributed by atoms with van der Waals surface area (Å²) in [7, 11) is 0. The molecule has 1 aromatic rings. The molecule has 1 aromatic carbocycles. The zero-order valence-corrected chi connectivity index (χ0v) is 17.8. The summed E-state index contributed by atoms with van der Waals surface area (Å²) < 4.78 is 10.8. The average Bonchev–Trinajstić information content (AvgIpc) is 2.83. The van der Waals surface area contributed by atoms with Crippen molar-refractivity contribution in [1.29, 1.82) is 0 Å². The second-order valence-electron chi connectivity index (χ2n) is 8.57. The minimum Gasteiger partial charge on any atom is -0.449 e. The summed E-state index contributed by atoms with van der Waals surface area (Å²) >= 11 is 0. The molecule has 6 nitrogen and oxygen atoms in total. The van der Waals surface area contributed by atoms with Crippen molar-refractivity contribution in [3.63, 3.8) is 0 Å². The SMILES string of the molecule is CCOC(=O)N1CCCc2cc3c(c(C)c21)CCN(C(=O)OC(C)(C)C)CC3. The Morgan fingerprint density at radius 3 is 2.43 bits per heavy atom. The second kappa shape index (κ2) is 8.02. The highest BCUT2D eigenvalue weighted by molar-refractivity contribution is 5.91. The first-order valence-electron chi connectivity index (χ1n) is 10.3. The van der Waals surface area contributed by atoms with E-state index in [1.165, 1.54) is 16.7 Å². The summed E-state index contributed by atoms with van der Waals surface area (Å²) in [6, 6.07) is 2.24. The summed E-state index contributed by atoms with van der Waals surface area (Å²) in [5.74, 6) is 0. The molecule has 0 atom stereocenters. The highest BCUT2D eigenvalue weighted by Gasteiger charge is 2.30. The van der Waals surface area contributed by atoms with Crippen molar-refractivity contribution in [2.24, 2.45) is 0 Å². The number of benzene rings is 1. The van der Waals surface area contributed by atoms with Crippen LogP contribution >= 0.6 is 0 Å². The molecular formula is C22H32N2O4. The fourth-order valence-corrected chi connectivity index (χ4v) is 4.17. The molecule has 2 aliphatic rings. The third kappa shape index (κ3) is 4.26. The number of aryl methyl sites for hydroxylation is 1. The number of anilines is 1. The molecule has 6 heteroatoms. The van der Waals surface area contributed by atoms with Crippen molar-refractivity contribution in [3.8, 4) is 0 Å². The highest BCUT2D eigenvalue weighted by atomic mass is 16.6. The number of amides is 2. The van der Waals surface area contributed by atoms with Gasteiger partial charge in [-0.15, -0.1) is 0 Å². The van der Waals surface area contributed by atoms with Crippen LogP contribution in [0.3, 0.4) is 0 Å². The molecule has 0 fully saturated rings. The maximum absolute atomic E-state index is 12.5. The molecule has 0 spiro atoms. The molecule has 28 heavy (non-hydrogen) atoms. The largest absolute Gasteiger partial charge is 0.449 e. The van der Waals surface area contributed by atoms with Crippen LogP contribution in [-0.4, -0.2) is 48.9 Å². The van der Waals surface area contributed by atoms with Gasteiger partial charge in [0.1, 0.15) is 5.60 Å². The predicted molar refractivity (Wildman–Crippen MR) is 109 cm³/mol. The second-order valence-corrected chi connectivity index (χ2v) is 8.57. The maximum Gasteiger partial charge on any atom is 0.414 e. The molecule has 154 valence electrons. The van der Waals surface area contributed by atoms with Gasteiger partial charge in [0.05, 0.1) is 12.3 Å². The number of ether oxygens (including phenoxy) is 2. The summed E-state index contributed by atoms with van der Waals surface area (Å²) in [5.41, 5.74) is 5.40. The van der Waals surface area contributed by atoms with Gasteiger partial charge in [0, 0.05) is 19.6 Å². The lowest BCUT2D eigenvalue weighted by atomic mass is 9.89. The predicted octanol–water partition coefficient (Wildman–Crippen LogP) is 4.24. The van der Waals surface area contributed by atoms with Gasteiger partial charge in [-0.25, -0.2) is 9.59 Å². The lowest BCUT2D eigenvalue weighted by Gasteiger charge is -2.32. The van der Waals surface area contributed by atoms with Gasteiger partial charge in [-0.05, 0) is 82.6 Å². The van der Waals surface area contributed by atoms with Crippen LogP contribution in [0, 0.1) is 6.92 Å². The van der Waals surface area contributed by atoms with Crippen molar-refractivity contribution in [1.82, 2.24) is 4.90 Å². The summed E-state index contributed by atoms with van der Waals surface area (Å²) in [5, 5.41) is 0. The Bertz CT molecular complexity index is 767. The van der Waals surface area contributed by atoms with Gasteiger partial charge in [0.15, 0.2) is 0 Å². The van der Waals surface area contributed by atoms with Gasteiger partial charge >= 0.3 is 12.2 Å². The van der Waals surface area contributed by atoms with E-state index in [4.69, 9.17) is 9.47 Å². The zero-order chi connectivity index (χ0) is 20.5. The number of hydrogen-bond donors (Lipinski definition) is 0. The zero-order valence-electron chi connectivity index (χ0n) is 17.8. The Hall–Kier alpha value is -2.24. The van der Waals surface area contributed by atoms with Crippen LogP contribution in [0.5, 0.6) is 0 Å². The molecule has 2 aliphatic heterocycles. The van der Waals surface area contributed by atoms with Crippen LogP contribution in [0.4, 0.5) is 15.3 Å². The average molecular weight is 389 g/mol. The van der Waals surface area contributed by atoms with Crippen molar-refractivity contribution in [2.75, 3.05) is 31.1 Å². The van der Waals surface area contributed by atoms with Gasteiger partial charge in [0.25, 0.3) is 0 Å². The molecule has 0 radical (unpaired) electrons. The minimum atomic E-state index is -0.495. The van der Waals surface area contributed by atoms with E-state index >= 15 is 0 Å². The van der Waals surface area contributed by atoms with Crippen LogP contribution in [0.25, 0.3) is 0 Å². The van der Waals surface area contributed by atoms with Crippen molar-refractivity contribution in [2.45, 2.75) is 65.9 Å². The Labute approximate surface area is 167 Å². The van der Waals surface area contributed by atoms with Crippen LogP contribution in [0.1, 0.15) is 56.4 Å². The van der Waals surface area contributed by atoms with E-state index in [9.17, 15) is 9.59 Å². The highest BCUT2D eigenvalue weighted by Crippen LogP contribution is 2.36. The molecule has 0 unspecified atom stereocenters. The van der Waals surface area contributed by atoms with E-state index < -0.39 is 5.60 Å². The lowest BCUT2D eigenvalue weighted by Crippen LogP contribution is -2.38. The third-order valence-electron chi connectivity index (χ3n) is 5.37. The molecular weight excluding hydrogens is 356 g/mol. The molecule has 3 rings (SSSR count). The number of nitrogens with zero attached hydrogens (tertiary/aromatic N) is 2. The molecule has 0 saturated carbocycles. The number of carbonyl (C=O) groups is 2. The monoisotopic (exact) mass is 388 g/mol. The first-order valence-corrected chi connectivity index (χ1v) is 10.3. The van der Waals surface area contributed by atoms with Gasteiger partial charge in [0.2, 0.25) is 0 Å². The number of carbonyl (C=O) groups excluding carboxylic acids is 2. The van der Waals surface area contributed by atoms with Gasteiger partial charge in [-0.1, -0.05) is 6.07 Å². The fraction of sp³-hybridized carbons (Fsp3) is 0.636. The van der Waals surface area contributed by atoms with E-state index in [0.29, 0.717) is 26.2 Å². The first-order chi connectivity index (χ1) is 13.2. The van der Waals surface area contributed by atoms with Crippen LogP contribution in [-0.2, 0) is 28.7 Å².